The highest BCUT2D eigenvalue weighted by molar-refractivity contribution is 7.91. The zero-order chi connectivity index (χ0) is 16.3. The van der Waals surface area contributed by atoms with Crippen molar-refractivity contribution < 1.29 is 18.3 Å². The minimum Gasteiger partial charge on any atom is -0.508 e. The van der Waals surface area contributed by atoms with E-state index in [1.165, 1.54) is 0 Å². The average molecular weight is 326 g/mol. The van der Waals surface area contributed by atoms with E-state index < -0.39 is 9.84 Å². The molecular weight excluding hydrogens is 304 g/mol. The Morgan fingerprint density at radius 3 is 2.59 bits per heavy atom. The molecule has 22 heavy (non-hydrogen) atoms. The largest absolute Gasteiger partial charge is 0.508 e. The SMILES string of the molecule is C[C@H](Cc1ccc(O)cc1)N(C)C(=O)N[C@H]1CCS(=O)(=O)C1. The third-order valence-electron chi connectivity index (χ3n) is 4.01. The van der Waals surface area contributed by atoms with Crippen LogP contribution in [0.25, 0.3) is 0 Å². The number of carbonyl (C=O) groups excluding carboxylic acids is 1. The first kappa shape index (κ1) is 16.6. The van der Waals surface area contributed by atoms with Gasteiger partial charge in [0.15, 0.2) is 9.84 Å². The first-order valence-corrected chi connectivity index (χ1v) is 9.10. The molecule has 1 aliphatic rings. The van der Waals surface area contributed by atoms with Gasteiger partial charge < -0.3 is 15.3 Å². The normalized spacial score (nSPS) is 21.3. The highest BCUT2D eigenvalue weighted by Crippen LogP contribution is 2.14. The number of likely N-dealkylation sites (N-methyl/N-ethyl adjacent to an activating group) is 1. The smallest absolute Gasteiger partial charge is 0.317 e. The average Bonchev–Trinajstić information content (AvgIpc) is 2.79. The summed E-state index contributed by atoms with van der Waals surface area (Å²) in [6, 6.07) is 6.29. The van der Waals surface area contributed by atoms with Gasteiger partial charge >= 0.3 is 6.03 Å². The number of nitrogens with one attached hydrogen (secondary N) is 1. The lowest BCUT2D eigenvalue weighted by Gasteiger charge is -2.26. The Bertz CT molecular complexity index is 627. The molecule has 2 N–H and O–H groups in total. The number of nitrogens with zero attached hydrogens (tertiary/aromatic N) is 1. The number of urea groups is 1. The van der Waals surface area contributed by atoms with Crippen LogP contribution in [-0.4, -0.2) is 55.1 Å². The van der Waals surface area contributed by atoms with Crippen LogP contribution in [0.2, 0.25) is 0 Å². The minimum absolute atomic E-state index is 0.0267. The number of sulfone groups is 1. The molecule has 2 rings (SSSR count). The predicted molar refractivity (Wildman–Crippen MR) is 84.6 cm³/mol. The second-order valence-electron chi connectivity index (χ2n) is 5.88. The van der Waals surface area contributed by atoms with Crippen molar-refractivity contribution in [2.75, 3.05) is 18.6 Å². The summed E-state index contributed by atoms with van der Waals surface area (Å²) in [5.41, 5.74) is 1.02. The van der Waals surface area contributed by atoms with E-state index in [1.807, 2.05) is 19.1 Å². The third-order valence-corrected chi connectivity index (χ3v) is 5.78. The minimum atomic E-state index is -3.00. The number of carbonyl (C=O) groups is 1. The summed E-state index contributed by atoms with van der Waals surface area (Å²) in [7, 11) is -1.30. The van der Waals surface area contributed by atoms with Crippen LogP contribution in [-0.2, 0) is 16.3 Å². The molecule has 122 valence electrons. The zero-order valence-corrected chi connectivity index (χ0v) is 13.6. The molecule has 0 aliphatic carbocycles. The summed E-state index contributed by atoms with van der Waals surface area (Å²) in [4.78, 5) is 13.8. The van der Waals surface area contributed by atoms with Crippen LogP contribution < -0.4 is 5.32 Å². The Morgan fingerprint density at radius 1 is 1.41 bits per heavy atom. The fraction of sp³-hybridized carbons (Fsp3) is 0.533. The summed E-state index contributed by atoms with van der Waals surface area (Å²) in [5, 5.41) is 12.0. The van der Waals surface area contributed by atoms with E-state index in [9.17, 15) is 18.3 Å². The molecule has 0 bridgehead atoms. The number of rotatable bonds is 4. The molecule has 0 radical (unpaired) electrons. The summed E-state index contributed by atoms with van der Waals surface area (Å²) in [6.07, 6.45) is 1.14. The van der Waals surface area contributed by atoms with Crippen LogP contribution >= 0.6 is 0 Å². The molecule has 1 fully saturated rings. The maximum atomic E-state index is 12.2. The van der Waals surface area contributed by atoms with Gasteiger partial charge in [-0.25, -0.2) is 13.2 Å². The van der Waals surface area contributed by atoms with Crippen LogP contribution in [0.3, 0.4) is 0 Å². The first-order valence-electron chi connectivity index (χ1n) is 7.28. The number of phenols is 1. The van der Waals surface area contributed by atoms with E-state index in [4.69, 9.17) is 0 Å². The standard InChI is InChI=1S/C15H22N2O4S/c1-11(9-12-3-5-14(18)6-4-12)17(2)15(19)16-13-7-8-22(20,21)10-13/h3-6,11,13,18H,7-10H2,1-2H3,(H,16,19)/t11-,13+/m1/s1. The van der Waals surface area contributed by atoms with Crippen molar-refractivity contribution in [1.82, 2.24) is 10.2 Å². The van der Waals surface area contributed by atoms with Gasteiger partial charge in [-0.15, -0.1) is 0 Å². The Kier molecular flexibility index (Phi) is 4.95. The van der Waals surface area contributed by atoms with Gasteiger partial charge in [0.2, 0.25) is 0 Å². The molecular formula is C15H22N2O4S. The van der Waals surface area contributed by atoms with Crippen LogP contribution in [0.4, 0.5) is 4.79 Å². The van der Waals surface area contributed by atoms with E-state index in [2.05, 4.69) is 5.32 Å². The third kappa shape index (κ3) is 4.37. The Hall–Kier alpha value is -1.76. The number of aromatic hydroxyl groups is 1. The lowest BCUT2D eigenvalue weighted by molar-refractivity contribution is 0.190. The maximum absolute atomic E-state index is 12.2. The summed E-state index contributed by atoms with van der Waals surface area (Å²) >= 11 is 0. The molecule has 6 nitrogen and oxygen atoms in total. The van der Waals surface area contributed by atoms with Crippen LogP contribution in [0.1, 0.15) is 18.9 Å². The molecule has 0 unspecified atom stereocenters. The molecule has 0 saturated carbocycles. The molecule has 1 heterocycles. The van der Waals surface area contributed by atoms with Crippen LogP contribution in [0.5, 0.6) is 5.75 Å². The second-order valence-corrected chi connectivity index (χ2v) is 8.11. The number of hydrogen-bond donors (Lipinski definition) is 2. The van der Waals surface area contributed by atoms with Crippen molar-refractivity contribution in [3.63, 3.8) is 0 Å². The highest BCUT2D eigenvalue weighted by atomic mass is 32.2. The predicted octanol–water partition coefficient (Wildman–Crippen LogP) is 1.15. The van der Waals surface area contributed by atoms with Gasteiger partial charge in [-0.1, -0.05) is 12.1 Å². The molecule has 1 saturated heterocycles. The molecule has 1 aliphatic heterocycles. The van der Waals surface area contributed by atoms with E-state index >= 15 is 0 Å². The molecule has 1 aromatic rings. The number of hydrogen-bond acceptors (Lipinski definition) is 4. The van der Waals surface area contributed by atoms with Crippen molar-refractivity contribution in [2.24, 2.45) is 0 Å². The van der Waals surface area contributed by atoms with Gasteiger partial charge in [0.05, 0.1) is 11.5 Å². The summed E-state index contributed by atoms with van der Waals surface area (Å²) in [5.74, 6) is 0.383. The second kappa shape index (κ2) is 6.56. The molecule has 2 atom stereocenters. The van der Waals surface area contributed by atoms with Crippen molar-refractivity contribution in [1.29, 1.82) is 0 Å². The van der Waals surface area contributed by atoms with Gasteiger partial charge in [0.25, 0.3) is 0 Å². The maximum Gasteiger partial charge on any atom is 0.317 e. The number of benzene rings is 1. The van der Waals surface area contributed by atoms with Crippen molar-refractivity contribution in [3.8, 4) is 5.75 Å². The fourth-order valence-corrected chi connectivity index (χ4v) is 4.17. The van der Waals surface area contributed by atoms with Gasteiger partial charge in [0, 0.05) is 19.1 Å². The van der Waals surface area contributed by atoms with Crippen molar-refractivity contribution in [2.45, 2.75) is 31.8 Å². The molecule has 1 aromatic carbocycles. The monoisotopic (exact) mass is 326 g/mol. The molecule has 7 heteroatoms. The molecule has 0 spiro atoms. The van der Waals surface area contributed by atoms with Gasteiger partial charge in [-0.3, -0.25) is 0 Å². The van der Waals surface area contributed by atoms with Gasteiger partial charge in [-0.2, -0.15) is 0 Å². The van der Waals surface area contributed by atoms with E-state index in [1.54, 1.807) is 24.1 Å². The Morgan fingerprint density at radius 2 is 2.05 bits per heavy atom. The highest BCUT2D eigenvalue weighted by Gasteiger charge is 2.30. The van der Waals surface area contributed by atoms with Crippen LogP contribution in [0, 0.1) is 0 Å². The van der Waals surface area contributed by atoms with Gasteiger partial charge in [-0.05, 0) is 37.5 Å². The fourth-order valence-electron chi connectivity index (χ4n) is 2.50. The Balaban J connectivity index is 1.88. The molecule has 2 amide bonds. The topological polar surface area (TPSA) is 86.7 Å². The number of amides is 2. The molecule has 0 aromatic heterocycles. The van der Waals surface area contributed by atoms with Crippen LogP contribution in [0.15, 0.2) is 24.3 Å². The van der Waals surface area contributed by atoms with E-state index in [0.717, 1.165) is 5.56 Å². The summed E-state index contributed by atoms with van der Waals surface area (Å²) < 4.78 is 22.8. The lowest BCUT2D eigenvalue weighted by Crippen LogP contribution is -2.47. The van der Waals surface area contributed by atoms with Crippen molar-refractivity contribution >= 4 is 15.9 Å². The first-order chi connectivity index (χ1) is 10.3. The summed E-state index contributed by atoms with van der Waals surface area (Å²) in [6.45, 7) is 1.93. The van der Waals surface area contributed by atoms with Crippen molar-refractivity contribution in [3.05, 3.63) is 29.8 Å². The zero-order valence-electron chi connectivity index (χ0n) is 12.8. The van der Waals surface area contributed by atoms with E-state index in [-0.39, 0.29) is 35.4 Å². The lowest BCUT2D eigenvalue weighted by atomic mass is 10.1. The van der Waals surface area contributed by atoms with Gasteiger partial charge in [0.1, 0.15) is 5.75 Å². The number of phenolic OH excluding ortho intramolecular Hbond substituents is 1. The van der Waals surface area contributed by atoms with E-state index in [0.29, 0.717) is 12.8 Å². The quantitative estimate of drug-likeness (QED) is 0.869. The Labute approximate surface area is 131 Å².